The van der Waals surface area contributed by atoms with Gasteiger partial charge < -0.3 is 14.9 Å². The van der Waals surface area contributed by atoms with E-state index in [0.717, 1.165) is 36.5 Å². The Labute approximate surface area is 114 Å². The number of hydrogen-bond acceptors (Lipinski definition) is 3. The number of fused-ring (bicyclic) bond motifs is 1. The van der Waals surface area contributed by atoms with Gasteiger partial charge in [-0.2, -0.15) is 0 Å². The zero-order chi connectivity index (χ0) is 13.5. The van der Waals surface area contributed by atoms with Gasteiger partial charge in [0.05, 0.1) is 12.3 Å². The molecular weight excluding hydrogens is 238 g/mol. The van der Waals surface area contributed by atoms with Crippen molar-refractivity contribution in [2.75, 3.05) is 13.2 Å². The lowest BCUT2D eigenvalue weighted by Gasteiger charge is -2.06. The third-order valence-corrected chi connectivity index (χ3v) is 3.15. The van der Waals surface area contributed by atoms with Crippen molar-refractivity contribution in [1.29, 1.82) is 0 Å². The van der Waals surface area contributed by atoms with Crippen molar-refractivity contribution in [3.8, 4) is 5.75 Å². The van der Waals surface area contributed by atoms with Crippen LogP contribution in [-0.4, -0.2) is 22.5 Å². The lowest BCUT2D eigenvalue weighted by Crippen LogP contribution is -2.02. The Kier molecular flexibility index (Phi) is 5.21. The molecule has 4 nitrogen and oxygen atoms in total. The van der Waals surface area contributed by atoms with Gasteiger partial charge in [0.2, 0.25) is 0 Å². The molecule has 0 radical (unpaired) electrons. The highest BCUT2D eigenvalue weighted by atomic mass is 16.5. The molecule has 0 bridgehead atoms. The highest BCUT2D eigenvalue weighted by Crippen LogP contribution is 2.19. The van der Waals surface area contributed by atoms with E-state index >= 15 is 0 Å². The second-order valence-electron chi connectivity index (χ2n) is 4.78. The van der Waals surface area contributed by atoms with Crippen LogP contribution in [0, 0.1) is 0 Å². The van der Waals surface area contributed by atoms with E-state index < -0.39 is 0 Å². The van der Waals surface area contributed by atoms with E-state index in [4.69, 9.17) is 10.5 Å². The van der Waals surface area contributed by atoms with Crippen molar-refractivity contribution < 1.29 is 4.74 Å². The van der Waals surface area contributed by atoms with Gasteiger partial charge in [-0.25, -0.2) is 4.98 Å². The van der Waals surface area contributed by atoms with Gasteiger partial charge in [0.25, 0.3) is 0 Å². The summed E-state index contributed by atoms with van der Waals surface area (Å²) in [6, 6.07) is 3.97. The number of rotatable bonds is 8. The van der Waals surface area contributed by atoms with Crippen LogP contribution in [-0.2, 0) is 6.42 Å². The predicted octanol–water partition coefficient (Wildman–Crippen LogP) is 2.79. The molecule has 2 aromatic heterocycles. The average molecular weight is 261 g/mol. The fourth-order valence-corrected chi connectivity index (χ4v) is 2.13. The van der Waals surface area contributed by atoms with Gasteiger partial charge in [-0.3, -0.25) is 0 Å². The molecule has 4 heteroatoms. The fourth-order valence-electron chi connectivity index (χ4n) is 2.13. The Morgan fingerprint density at radius 3 is 3.00 bits per heavy atom. The van der Waals surface area contributed by atoms with E-state index in [2.05, 4.69) is 11.9 Å². The predicted molar refractivity (Wildman–Crippen MR) is 77.6 cm³/mol. The minimum absolute atomic E-state index is 0.622. The molecular formula is C15H23N3O. The lowest BCUT2D eigenvalue weighted by atomic mass is 10.2. The lowest BCUT2D eigenvalue weighted by molar-refractivity contribution is 0.307. The molecule has 2 rings (SSSR count). The maximum absolute atomic E-state index is 5.84. The first kappa shape index (κ1) is 13.9. The average Bonchev–Trinajstić information content (AvgIpc) is 2.82. The summed E-state index contributed by atoms with van der Waals surface area (Å²) in [6.07, 6.45) is 9.67. The molecule has 0 aliphatic heterocycles. The van der Waals surface area contributed by atoms with E-state index in [1.807, 2.05) is 28.9 Å². The molecule has 19 heavy (non-hydrogen) atoms. The van der Waals surface area contributed by atoms with Gasteiger partial charge in [0.1, 0.15) is 0 Å². The molecule has 0 saturated carbocycles. The molecule has 0 aromatic carbocycles. The number of nitrogens with zero attached hydrogens (tertiary/aromatic N) is 2. The summed E-state index contributed by atoms with van der Waals surface area (Å²) in [5.74, 6) is 0.863. The monoisotopic (exact) mass is 261 g/mol. The highest BCUT2D eigenvalue weighted by Gasteiger charge is 2.06. The normalized spacial score (nSPS) is 11.1. The second-order valence-corrected chi connectivity index (χ2v) is 4.78. The number of ether oxygens (including phenoxy) is 1. The molecule has 0 spiro atoms. The number of nitrogens with two attached hydrogens (primary N) is 1. The van der Waals surface area contributed by atoms with Crippen LogP contribution in [0.15, 0.2) is 24.5 Å². The molecule has 0 aliphatic rings. The Bertz CT molecular complexity index is 507. The van der Waals surface area contributed by atoms with Crippen molar-refractivity contribution in [2.45, 2.75) is 39.0 Å². The van der Waals surface area contributed by atoms with Crippen LogP contribution in [0.1, 0.15) is 38.3 Å². The number of hydrogen-bond donors (Lipinski definition) is 1. The number of unbranched alkanes of at least 4 members (excludes halogenated alkanes) is 3. The quantitative estimate of drug-likeness (QED) is 0.743. The van der Waals surface area contributed by atoms with E-state index in [1.54, 1.807) is 0 Å². The maximum atomic E-state index is 5.84. The van der Waals surface area contributed by atoms with Crippen LogP contribution in [0.2, 0.25) is 0 Å². The summed E-state index contributed by atoms with van der Waals surface area (Å²) in [5, 5.41) is 0. The van der Waals surface area contributed by atoms with Crippen molar-refractivity contribution >= 4 is 5.65 Å². The SMILES string of the molecule is CCCCCCOc1cccn2cc(CCN)nc12. The van der Waals surface area contributed by atoms with Crippen LogP contribution >= 0.6 is 0 Å². The maximum Gasteiger partial charge on any atom is 0.179 e. The van der Waals surface area contributed by atoms with Crippen molar-refractivity contribution in [3.05, 3.63) is 30.2 Å². The molecule has 0 aliphatic carbocycles. The van der Waals surface area contributed by atoms with Crippen LogP contribution in [0.4, 0.5) is 0 Å². The first-order chi connectivity index (χ1) is 9.35. The van der Waals surface area contributed by atoms with Crippen LogP contribution in [0.5, 0.6) is 5.75 Å². The second kappa shape index (κ2) is 7.14. The van der Waals surface area contributed by atoms with Crippen molar-refractivity contribution in [2.24, 2.45) is 5.73 Å². The molecule has 0 atom stereocenters. The Morgan fingerprint density at radius 2 is 2.21 bits per heavy atom. The minimum atomic E-state index is 0.622. The van der Waals surface area contributed by atoms with Crippen LogP contribution in [0.3, 0.4) is 0 Å². The molecule has 2 N–H and O–H groups in total. The zero-order valence-corrected chi connectivity index (χ0v) is 11.6. The number of aromatic nitrogens is 2. The van der Waals surface area contributed by atoms with Crippen molar-refractivity contribution in [1.82, 2.24) is 9.38 Å². The van der Waals surface area contributed by atoms with Crippen LogP contribution in [0.25, 0.3) is 5.65 Å². The van der Waals surface area contributed by atoms with Gasteiger partial charge in [0.15, 0.2) is 11.4 Å². The zero-order valence-electron chi connectivity index (χ0n) is 11.6. The van der Waals surface area contributed by atoms with E-state index in [-0.39, 0.29) is 0 Å². The molecule has 104 valence electrons. The molecule has 0 saturated heterocycles. The van der Waals surface area contributed by atoms with Gasteiger partial charge in [-0.05, 0) is 25.1 Å². The van der Waals surface area contributed by atoms with Crippen molar-refractivity contribution in [3.63, 3.8) is 0 Å². The van der Waals surface area contributed by atoms with Gasteiger partial charge in [-0.15, -0.1) is 0 Å². The Morgan fingerprint density at radius 1 is 1.32 bits per heavy atom. The van der Waals surface area contributed by atoms with Gasteiger partial charge in [-0.1, -0.05) is 26.2 Å². The van der Waals surface area contributed by atoms with E-state index in [1.165, 1.54) is 19.3 Å². The summed E-state index contributed by atoms with van der Waals surface area (Å²) in [4.78, 5) is 4.58. The summed E-state index contributed by atoms with van der Waals surface area (Å²) < 4.78 is 7.85. The summed E-state index contributed by atoms with van der Waals surface area (Å²) in [7, 11) is 0. The first-order valence-corrected chi connectivity index (χ1v) is 7.14. The number of imidazole rings is 1. The highest BCUT2D eigenvalue weighted by molar-refractivity contribution is 5.54. The molecule has 0 unspecified atom stereocenters. The van der Waals surface area contributed by atoms with Crippen LogP contribution < -0.4 is 10.5 Å². The fraction of sp³-hybridized carbons (Fsp3) is 0.533. The largest absolute Gasteiger partial charge is 0.490 e. The van der Waals surface area contributed by atoms with E-state index in [0.29, 0.717) is 6.54 Å². The Hall–Kier alpha value is -1.55. The van der Waals surface area contributed by atoms with Gasteiger partial charge >= 0.3 is 0 Å². The topological polar surface area (TPSA) is 52.5 Å². The third-order valence-electron chi connectivity index (χ3n) is 3.15. The smallest absolute Gasteiger partial charge is 0.179 e. The minimum Gasteiger partial charge on any atom is -0.490 e. The standard InChI is InChI=1S/C15H23N3O/c1-2-3-4-5-11-19-14-7-6-10-18-12-13(8-9-16)17-15(14)18/h6-7,10,12H,2-5,8-9,11,16H2,1H3. The molecule has 0 amide bonds. The van der Waals surface area contributed by atoms with Gasteiger partial charge in [0, 0.05) is 18.8 Å². The Balaban J connectivity index is 2.01. The van der Waals surface area contributed by atoms with E-state index in [9.17, 15) is 0 Å². The number of pyridine rings is 1. The third kappa shape index (κ3) is 3.70. The summed E-state index contributed by atoms with van der Waals surface area (Å²) in [5.41, 5.74) is 7.47. The summed E-state index contributed by atoms with van der Waals surface area (Å²) in [6.45, 7) is 3.60. The molecule has 2 heterocycles. The molecule has 2 aromatic rings. The first-order valence-electron chi connectivity index (χ1n) is 7.14. The molecule has 0 fully saturated rings. The summed E-state index contributed by atoms with van der Waals surface area (Å²) >= 11 is 0.